The van der Waals surface area contributed by atoms with Crippen molar-refractivity contribution in [2.75, 3.05) is 13.1 Å². The van der Waals surface area contributed by atoms with Gasteiger partial charge in [-0.3, -0.25) is 0 Å². The second kappa shape index (κ2) is 6.81. The summed E-state index contributed by atoms with van der Waals surface area (Å²) in [5.41, 5.74) is 5.87. The van der Waals surface area contributed by atoms with Gasteiger partial charge in [0.25, 0.3) is 0 Å². The van der Waals surface area contributed by atoms with Crippen LogP contribution in [0.5, 0.6) is 0 Å². The molecule has 0 radical (unpaired) electrons. The first-order valence-corrected chi connectivity index (χ1v) is 9.48. The number of sulfonamides is 1. The van der Waals surface area contributed by atoms with Crippen LogP contribution >= 0.6 is 24.0 Å². The maximum atomic E-state index is 13.2. The van der Waals surface area contributed by atoms with Crippen molar-refractivity contribution in [2.24, 2.45) is 11.1 Å². The van der Waals surface area contributed by atoms with Crippen molar-refractivity contribution in [2.45, 2.75) is 31.2 Å². The smallest absolute Gasteiger partial charge is 0.245 e. The number of nitrogens with zero attached hydrogens (tertiary/aromatic N) is 1. The van der Waals surface area contributed by atoms with E-state index in [2.05, 4.69) is 0 Å². The summed E-state index contributed by atoms with van der Waals surface area (Å²) in [4.78, 5) is 0.198. The molecule has 1 atom stereocenters. The zero-order valence-electron chi connectivity index (χ0n) is 13.7. The lowest BCUT2D eigenvalue weighted by atomic mass is 9.81. The molecule has 2 aromatic carbocycles. The lowest BCUT2D eigenvalue weighted by Crippen LogP contribution is -2.53. The van der Waals surface area contributed by atoms with Gasteiger partial charge in [-0.2, -0.15) is 4.31 Å². The molecular formula is C17H22Cl2N2O2S. The Kier molecular flexibility index (Phi) is 5.52. The number of piperidine rings is 1. The summed E-state index contributed by atoms with van der Waals surface area (Å²) in [5, 5.41) is 1.78. The molecule has 0 saturated carbocycles. The first-order valence-electron chi connectivity index (χ1n) is 7.66. The van der Waals surface area contributed by atoms with E-state index in [1.807, 2.05) is 38.1 Å². The van der Waals surface area contributed by atoms with Crippen molar-refractivity contribution in [3.8, 4) is 0 Å². The molecule has 0 bridgehead atoms. The molecule has 1 aliphatic rings. The Morgan fingerprint density at radius 3 is 2.54 bits per heavy atom. The third kappa shape index (κ3) is 3.28. The first kappa shape index (κ1) is 19.5. The van der Waals surface area contributed by atoms with E-state index in [0.717, 1.165) is 5.39 Å². The van der Waals surface area contributed by atoms with Crippen molar-refractivity contribution in [1.82, 2.24) is 4.31 Å². The summed E-state index contributed by atoms with van der Waals surface area (Å²) in [7, 11) is -3.67. The molecule has 132 valence electrons. The Hall–Kier alpha value is -0.850. The van der Waals surface area contributed by atoms with E-state index in [4.69, 9.17) is 17.3 Å². The lowest BCUT2D eigenvalue weighted by molar-refractivity contribution is 0.155. The molecule has 0 amide bonds. The van der Waals surface area contributed by atoms with Crippen LogP contribution in [0.4, 0.5) is 0 Å². The molecule has 1 heterocycles. The van der Waals surface area contributed by atoms with Crippen LogP contribution in [0.2, 0.25) is 5.02 Å². The van der Waals surface area contributed by atoms with Crippen LogP contribution in [0, 0.1) is 5.41 Å². The van der Waals surface area contributed by atoms with Crippen LogP contribution in [0.15, 0.2) is 41.3 Å². The number of hydrogen-bond donors (Lipinski definition) is 1. The molecule has 4 nitrogen and oxygen atoms in total. The molecule has 2 N–H and O–H groups in total. The standard InChI is InChI=1S/C17H21ClN2O2S.ClH/c1-17(2)11-20(10-9-15(17)19)23(21,22)16-13-6-4-3-5-12(13)7-8-14(16)18;/h3-8,15H,9-11,19H2,1-2H3;1H. The highest BCUT2D eigenvalue weighted by molar-refractivity contribution is 7.89. The van der Waals surface area contributed by atoms with Crippen LogP contribution in [-0.4, -0.2) is 31.9 Å². The normalized spacial score (nSPS) is 21.4. The molecule has 0 spiro atoms. The second-order valence-electron chi connectivity index (χ2n) is 6.82. The van der Waals surface area contributed by atoms with E-state index in [-0.39, 0.29) is 33.8 Å². The summed E-state index contributed by atoms with van der Waals surface area (Å²) in [6.45, 7) is 4.83. The Morgan fingerprint density at radius 1 is 1.21 bits per heavy atom. The summed E-state index contributed by atoms with van der Waals surface area (Å²) in [5.74, 6) is 0. The molecule has 1 aliphatic heterocycles. The highest BCUT2D eigenvalue weighted by Crippen LogP contribution is 2.36. The van der Waals surface area contributed by atoms with E-state index in [9.17, 15) is 8.42 Å². The molecule has 1 unspecified atom stereocenters. The maximum Gasteiger partial charge on any atom is 0.245 e. The van der Waals surface area contributed by atoms with E-state index in [0.29, 0.717) is 24.9 Å². The Balaban J connectivity index is 0.00000208. The summed E-state index contributed by atoms with van der Waals surface area (Å²) < 4.78 is 28.0. The topological polar surface area (TPSA) is 63.4 Å². The van der Waals surface area contributed by atoms with Crippen molar-refractivity contribution in [3.05, 3.63) is 41.4 Å². The number of benzene rings is 2. The predicted octanol–water partition coefficient (Wildman–Crippen LogP) is 3.66. The van der Waals surface area contributed by atoms with Crippen LogP contribution in [0.3, 0.4) is 0 Å². The number of halogens is 2. The van der Waals surface area contributed by atoms with Gasteiger partial charge in [-0.25, -0.2) is 8.42 Å². The molecule has 2 aromatic rings. The molecule has 3 rings (SSSR count). The van der Waals surface area contributed by atoms with Gasteiger partial charge < -0.3 is 5.73 Å². The molecule has 0 aromatic heterocycles. The van der Waals surface area contributed by atoms with Crippen LogP contribution < -0.4 is 5.73 Å². The van der Waals surface area contributed by atoms with Crippen LogP contribution in [-0.2, 0) is 10.0 Å². The number of rotatable bonds is 2. The Morgan fingerprint density at radius 2 is 1.88 bits per heavy atom. The number of nitrogens with two attached hydrogens (primary N) is 1. The summed E-state index contributed by atoms with van der Waals surface area (Å²) >= 11 is 6.28. The minimum Gasteiger partial charge on any atom is -0.327 e. The Labute approximate surface area is 154 Å². The van der Waals surface area contributed by atoms with Crippen molar-refractivity contribution in [1.29, 1.82) is 0 Å². The molecular weight excluding hydrogens is 367 g/mol. The minimum atomic E-state index is -3.67. The van der Waals surface area contributed by atoms with Crippen LogP contribution in [0.25, 0.3) is 10.8 Å². The summed E-state index contributed by atoms with van der Waals surface area (Å²) in [6.07, 6.45) is 0.647. The summed E-state index contributed by atoms with van der Waals surface area (Å²) in [6, 6.07) is 10.9. The fourth-order valence-electron chi connectivity index (χ4n) is 3.14. The zero-order chi connectivity index (χ0) is 16.8. The van der Waals surface area contributed by atoms with Gasteiger partial charge >= 0.3 is 0 Å². The Bertz CT molecular complexity index is 853. The van der Waals surface area contributed by atoms with Crippen molar-refractivity contribution >= 4 is 44.8 Å². The highest BCUT2D eigenvalue weighted by atomic mass is 35.5. The van der Waals surface area contributed by atoms with E-state index in [1.165, 1.54) is 4.31 Å². The molecule has 0 aliphatic carbocycles. The average molecular weight is 389 g/mol. The number of fused-ring (bicyclic) bond motifs is 1. The lowest BCUT2D eigenvalue weighted by Gasteiger charge is -2.41. The van der Waals surface area contributed by atoms with Crippen molar-refractivity contribution < 1.29 is 8.42 Å². The second-order valence-corrected chi connectivity index (χ2v) is 9.10. The van der Waals surface area contributed by atoms with Gasteiger partial charge in [0.2, 0.25) is 10.0 Å². The van der Waals surface area contributed by atoms with Gasteiger partial charge in [0, 0.05) is 24.5 Å². The SMILES string of the molecule is CC1(C)CN(S(=O)(=O)c2c(Cl)ccc3ccccc23)CCC1N.Cl. The van der Waals surface area contributed by atoms with Gasteiger partial charge in [0.1, 0.15) is 4.90 Å². The molecule has 1 fully saturated rings. The average Bonchev–Trinajstić information content (AvgIpc) is 2.49. The predicted molar refractivity (Wildman–Crippen MR) is 101 cm³/mol. The largest absolute Gasteiger partial charge is 0.327 e. The fourth-order valence-corrected chi connectivity index (χ4v) is 5.48. The fraction of sp³-hybridized carbons (Fsp3) is 0.412. The van der Waals surface area contributed by atoms with Gasteiger partial charge in [-0.15, -0.1) is 12.4 Å². The maximum absolute atomic E-state index is 13.2. The van der Waals surface area contributed by atoms with Gasteiger partial charge in [-0.05, 0) is 23.3 Å². The minimum absolute atomic E-state index is 0. The molecule has 24 heavy (non-hydrogen) atoms. The number of hydrogen-bond acceptors (Lipinski definition) is 3. The van der Waals surface area contributed by atoms with E-state index in [1.54, 1.807) is 12.1 Å². The molecule has 7 heteroatoms. The van der Waals surface area contributed by atoms with E-state index < -0.39 is 10.0 Å². The quantitative estimate of drug-likeness (QED) is 0.853. The van der Waals surface area contributed by atoms with Crippen molar-refractivity contribution in [3.63, 3.8) is 0 Å². The monoisotopic (exact) mass is 388 g/mol. The van der Waals surface area contributed by atoms with Gasteiger partial charge in [0.15, 0.2) is 0 Å². The highest BCUT2D eigenvalue weighted by Gasteiger charge is 2.39. The third-order valence-corrected chi connectivity index (χ3v) is 7.08. The van der Waals surface area contributed by atoms with E-state index >= 15 is 0 Å². The first-order chi connectivity index (χ1) is 10.7. The van der Waals surface area contributed by atoms with Gasteiger partial charge in [0.05, 0.1) is 5.02 Å². The third-order valence-electron chi connectivity index (χ3n) is 4.71. The zero-order valence-corrected chi connectivity index (χ0v) is 16.1. The van der Waals surface area contributed by atoms with Gasteiger partial charge in [-0.1, -0.05) is 55.8 Å². The molecule has 1 saturated heterocycles. The van der Waals surface area contributed by atoms with Crippen LogP contribution in [0.1, 0.15) is 20.3 Å².